The molecule has 56 heavy (non-hydrogen) atoms. The Hall–Kier alpha value is -3.52. The first-order valence-corrected chi connectivity index (χ1v) is 21.3. The van der Waals surface area contributed by atoms with E-state index in [1.54, 1.807) is 12.1 Å². The highest BCUT2D eigenvalue weighted by atomic mass is 19.1. The Kier molecular flexibility index (Phi) is 10.7. The fourth-order valence-electron chi connectivity index (χ4n) is 14.1. The van der Waals surface area contributed by atoms with Crippen LogP contribution in [0.4, 0.5) is 4.39 Å². The third-order valence-corrected chi connectivity index (χ3v) is 17.3. The fourth-order valence-corrected chi connectivity index (χ4v) is 14.1. The summed E-state index contributed by atoms with van der Waals surface area (Å²) in [5, 5.41) is 17.3. The monoisotopic (exact) mass is 768 g/mol. The minimum atomic E-state index is -0.768. The molecule has 8 heteroatoms. The van der Waals surface area contributed by atoms with E-state index in [0.29, 0.717) is 42.2 Å². The second kappa shape index (κ2) is 14.7. The zero-order valence-corrected chi connectivity index (χ0v) is 34.9. The summed E-state index contributed by atoms with van der Waals surface area (Å²) in [6.07, 6.45) is 11.0. The molecule has 5 saturated carbocycles. The van der Waals surface area contributed by atoms with Crippen LogP contribution in [0.25, 0.3) is 0 Å². The molecule has 0 spiro atoms. The average molecular weight is 769 g/mol. The van der Waals surface area contributed by atoms with E-state index in [0.717, 1.165) is 50.5 Å². The molecule has 0 aromatic heterocycles. The molecule has 5 fully saturated rings. The van der Waals surface area contributed by atoms with Gasteiger partial charge >= 0.3 is 5.97 Å². The number of nitrogens with one attached hydrogen (secondary N) is 2. The number of ether oxygens (including phenoxy) is 1. The molecular formula is C48H65FN2O5. The van der Waals surface area contributed by atoms with Crippen LogP contribution in [0, 0.1) is 62.5 Å². The lowest BCUT2D eigenvalue weighted by Crippen LogP contribution is -2.67. The Morgan fingerprint density at radius 1 is 0.875 bits per heavy atom. The minimum absolute atomic E-state index is 0.0715. The van der Waals surface area contributed by atoms with Gasteiger partial charge in [0.2, 0.25) is 5.91 Å². The number of carbonyl (C=O) groups is 3. The molecule has 5 aliphatic rings. The molecule has 2 amide bonds. The highest BCUT2D eigenvalue weighted by Crippen LogP contribution is 2.77. The van der Waals surface area contributed by atoms with Crippen molar-refractivity contribution in [3.05, 3.63) is 82.7 Å². The SMILES string of the molecule is C=C(C)[C@@H]1CC[C@]2(C(=O)NCCc3cccc(C(=O)NCc4cccc(C(=O)OC)c4F)c3)CC[C@]3(C)C(CCC4[C@@]5(C)CC[C@H](O)C(C)(C)C5CC[C@]43C)C12. The standard InChI is InChI=1S/C48H65FN2O5/c1-29(2)33-17-23-48(25-24-46(6)35(39(33)48)15-16-37-45(5)21-19-38(52)44(3,4)36(45)18-22-47(37,46)7)43(55)50-26-20-30-11-9-12-31(27-30)41(53)51-28-32-13-10-14-34(40(32)49)42(54)56-8/h9-14,27,33,35-39,52H,1,15-26,28H2,2-8H3,(H,50,55)(H,51,53)/t33-,35?,36?,37?,38-,39?,45-,46+,47+,48-/m0/s1. The molecule has 0 bridgehead atoms. The van der Waals surface area contributed by atoms with Crippen LogP contribution in [0.3, 0.4) is 0 Å². The van der Waals surface area contributed by atoms with Gasteiger partial charge in [-0.2, -0.15) is 0 Å². The van der Waals surface area contributed by atoms with Crippen molar-refractivity contribution in [1.82, 2.24) is 10.6 Å². The zero-order chi connectivity index (χ0) is 40.4. The van der Waals surface area contributed by atoms with Crippen LogP contribution < -0.4 is 10.6 Å². The van der Waals surface area contributed by atoms with Crippen LogP contribution in [-0.4, -0.2) is 42.6 Å². The summed E-state index contributed by atoms with van der Waals surface area (Å²) in [6, 6.07) is 11.8. The number of benzene rings is 2. The molecule has 3 N–H and O–H groups in total. The summed E-state index contributed by atoms with van der Waals surface area (Å²) < 4.78 is 19.6. The molecule has 0 heterocycles. The van der Waals surface area contributed by atoms with Crippen LogP contribution in [0.2, 0.25) is 0 Å². The number of halogens is 1. The van der Waals surface area contributed by atoms with Crippen molar-refractivity contribution < 1.29 is 28.6 Å². The summed E-state index contributed by atoms with van der Waals surface area (Å²) in [4.78, 5) is 39.7. The lowest BCUT2D eigenvalue weighted by atomic mass is 9.32. The summed E-state index contributed by atoms with van der Waals surface area (Å²) >= 11 is 0. The van der Waals surface area contributed by atoms with Crippen LogP contribution in [0.1, 0.15) is 138 Å². The molecule has 0 aliphatic heterocycles. The molecule has 7 nitrogen and oxygen atoms in total. The van der Waals surface area contributed by atoms with Crippen molar-refractivity contribution >= 4 is 17.8 Å². The highest BCUT2D eigenvalue weighted by Gasteiger charge is 2.71. The van der Waals surface area contributed by atoms with Crippen molar-refractivity contribution in [3.63, 3.8) is 0 Å². The van der Waals surface area contributed by atoms with Crippen LogP contribution in [0.15, 0.2) is 54.6 Å². The topological polar surface area (TPSA) is 105 Å². The molecule has 2 aromatic carbocycles. The number of aliphatic hydroxyl groups excluding tert-OH is 1. The molecular weight excluding hydrogens is 704 g/mol. The van der Waals surface area contributed by atoms with Crippen LogP contribution in [0.5, 0.6) is 0 Å². The lowest BCUT2D eigenvalue weighted by Gasteiger charge is -2.72. The van der Waals surface area contributed by atoms with Crippen molar-refractivity contribution in [2.45, 2.75) is 125 Å². The van der Waals surface area contributed by atoms with Gasteiger partial charge in [-0.1, -0.05) is 71.0 Å². The Morgan fingerprint density at radius 3 is 2.36 bits per heavy atom. The average Bonchev–Trinajstić information content (AvgIpc) is 3.57. The third kappa shape index (κ3) is 6.26. The Balaban J connectivity index is 1.04. The largest absolute Gasteiger partial charge is 0.465 e. The maximum atomic E-state index is 14.9. The molecule has 2 aromatic rings. The summed E-state index contributed by atoms with van der Waals surface area (Å²) in [5.41, 5.74) is 2.67. The van der Waals surface area contributed by atoms with E-state index in [1.165, 1.54) is 44.1 Å². The Labute approximate surface area is 334 Å². The van der Waals surface area contributed by atoms with E-state index >= 15 is 0 Å². The summed E-state index contributed by atoms with van der Waals surface area (Å²) in [5.74, 6) is 0.574. The summed E-state index contributed by atoms with van der Waals surface area (Å²) in [6.45, 7) is 19.5. The van der Waals surface area contributed by atoms with E-state index in [9.17, 15) is 23.9 Å². The van der Waals surface area contributed by atoms with Crippen molar-refractivity contribution in [3.8, 4) is 0 Å². The first-order valence-electron chi connectivity index (χ1n) is 21.3. The van der Waals surface area contributed by atoms with Gasteiger partial charge in [0.15, 0.2) is 0 Å². The minimum Gasteiger partial charge on any atom is -0.465 e. The maximum Gasteiger partial charge on any atom is 0.340 e. The zero-order valence-electron chi connectivity index (χ0n) is 34.9. The van der Waals surface area contributed by atoms with Gasteiger partial charge in [-0.25, -0.2) is 9.18 Å². The highest BCUT2D eigenvalue weighted by molar-refractivity contribution is 5.94. The van der Waals surface area contributed by atoms with Gasteiger partial charge in [-0.3, -0.25) is 9.59 Å². The molecule has 0 saturated heterocycles. The normalized spacial score (nSPS) is 36.9. The maximum absolute atomic E-state index is 14.9. The fraction of sp³-hybridized carbons (Fsp3) is 0.646. The molecule has 304 valence electrons. The Bertz CT molecular complexity index is 1890. The van der Waals surface area contributed by atoms with Gasteiger partial charge in [-0.05, 0) is 153 Å². The van der Waals surface area contributed by atoms with E-state index < -0.39 is 17.2 Å². The molecule has 10 atom stereocenters. The van der Waals surface area contributed by atoms with E-state index in [4.69, 9.17) is 0 Å². The first-order chi connectivity index (χ1) is 26.4. The van der Waals surface area contributed by atoms with E-state index in [1.807, 2.05) is 18.2 Å². The number of fused-ring (bicyclic) bond motifs is 7. The number of rotatable bonds is 9. The molecule has 4 unspecified atom stereocenters. The quantitative estimate of drug-likeness (QED) is 0.174. The number of hydrogen-bond acceptors (Lipinski definition) is 5. The molecule has 5 aliphatic carbocycles. The number of allylic oxidation sites excluding steroid dienone is 1. The van der Waals surface area contributed by atoms with Crippen molar-refractivity contribution in [1.29, 1.82) is 0 Å². The van der Waals surface area contributed by atoms with Gasteiger partial charge < -0.3 is 20.5 Å². The first kappa shape index (κ1) is 40.7. The number of amides is 2. The van der Waals surface area contributed by atoms with Gasteiger partial charge in [0.25, 0.3) is 5.91 Å². The summed E-state index contributed by atoms with van der Waals surface area (Å²) in [7, 11) is 1.20. The second-order valence-electron chi connectivity index (χ2n) is 19.9. The third-order valence-electron chi connectivity index (χ3n) is 17.3. The van der Waals surface area contributed by atoms with E-state index in [-0.39, 0.29) is 63.2 Å². The van der Waals surface area contributed by atoms with E-state index in [2.05, 4.69) is 63.5 Å². The van der Waals surface area contributed by atoms with Gasteiger partial charge in [0, 0.05) is 24.2 Å². The lowest BCUT2D eigenvalue weighted by molar-refractivity contribution is -0.246. The number of carbonyl (C=O) groups excluding carboxylic acids is 3. The Morgan fingerprint density at radius 2 is 1.62 bits per heavy atom. The number of hydrogen-bond donors (Lipinski definition) is 3. The van der Waals surface area contributed by atoms with Crippen LogP contribution in [-0.2, 0) is 22.5 Å². The second-order valence-corrected chi connectivity index (χ2v) is 19.9. The predicted molar refractivity (Wildman–Crippen MR) is 217 cm³/mol. The number of esters is 1. The van der Waals surface area contributed by atoms with Gasteiger partial charge in [-0.15, -0.1) is 0 Å². The number of aliphatic hydroxyl groups is 1. The van der Waals surface area contributed by atoms with Gasteiger partial charge in [0.1, 0.15) is 5.82 Å². The molecule has 0 radical (unpaired) electrons. The van der Waals surface area contributed by atoms with Crippen molar-refractivity contribution in [2.75, 3.05) is 13.7 Å². The van der Waals surface area contributed by atoms with Gasteiger partial charge in [0.05, 0.1) is 24.2 Å². The molecule has 7 rings (SSSR count). The smallest absolute Gasteiger partial charge is 0.340 e. The number of methoxy groups -OCH3 is 1. The predicted octanol–water partition coefficient (Wildman–Crippen LogP) is 9.22. The van der Waals surface area contributed by atoms with Crippen molar-refractivity contribution in [2.24, 2.45) is 56.7 Å². The van der Waals surface area contributed by atoms with Crippen LogP contribution >= 0.6 is 0 Å².